The molecule has 0 spiro atoms. The van der Waals surface area contributed by atoms with E-state index in [1.807, 2.05) is 6.07 Å². The second-order valence-electron chi connectivity index (χ2n) is 2.95. The summed E-state index contributed by atoms with van der Waals surface area (Å²) in [6.45, 7) is 0. The topological polar surface area (TPSA) is 47.0 Å². The van der Waals surface area contributed by atoms with Crippen LogP contribution in [-0.4, -0.2) is 19.2 Å². The number of aryl methyl sites for hydroxylation is 1. The van der Waals surface area contributed by atoms with Crippen molar-refractivity contribution < 1.29 is 8.42 Å². The largest absolute Gasteiger partial charge is 0.261 e. The number of aromatic nitrogens is 1. The van der Waals surface area contributed by atoms with Crippen LogP contribution in [0.1, 0.15) is 11.3 Å². The highest BCUT2D eigenvalue weighted by Gasteiger charge is 2.21. The lowest BCUT2D eigenvalue weighted by Gasteiger charge is -2.13. The molecule has 64 valence electrons. The minimum atomic E-state index is -2.84. The molecule has 1 aromatic rings. The minimum Gasteiger partial charge on any atom is -0.261 e. The third kappa shape index (κ3) is 1.34. The predicted molar refractivity (Wildman–Crippen MR) is 45.4 cm³/mol. The van der Waals surface area contributed by atoms with Gasteiger partial charge < -0.3 is 0 Å². The summed E-state index contributed by atoms with van der Waals surface area (Å²) in [6.07, 6.45) is 2.27. The Morgan fingerprint density at radius 3 is 3.08 bits per heavy atom. The molecule has 0 amide bonds. The molecule has 2 heterocycles. The van der Waals surface area contributed by atoms with E-state index in [9.17, 15) is 8.42 Å². The molecule has 1 aliphatic rings. The first-order valence-electron chi connectivity index (χ1n) is 3.80. The highest BCUT2D eigenvalue weighted by atomic mass is 32.2. The van der Waals surface area contributed by atoms with Gasteiger partial charge in [0.2, 0.25) is 0 Å². The molecule has 0 atom stereocenters. The first-order chi connectivity index (χ1) is 5.67. The van der Waals surface area contributed by atoms with Crippen LogP contribution in [-0.2, 0) is 22.0 Å². The summed E-state index contributed by atoms with van der Waals surface area (Å²) >= 11 is 0. The fourth-order valence-electron chi connectivity index (χ4n) is 1.39. The van der Waals surface area contributed by atoms with Crippen molar-refractivity contribution in [2.75, 3.05) is 5.75 Å². The van der Waals surface area contributed by atoms with Gasteiger partial charge in [0.05, 0.1) is 11.5 Å². The number of pyridine rings is 1. The summed E-state index contributed by atoms with van der Waals surface area (Å²) in [5.41, 5.74) is 1.80. The molecule has 3 nitrogen and oxygen atoms in total. The minimum absolute atomic E-state index is 0.163. The molecule has 0 N–H and O–H groups in total. The Hall–Kier alpha value is -0.900. The van der Waals surface area contributed by atoms with Crippen molar-refractivity contribution in [2.24, 2.45) is 0 Å². The molecule has 1 aromatic heterocycles. The van der Waals surface area contributed by atoms with E-state index in [1.165, 1.54) is 0 Å². The molecule has 0 aromatic carbocycles. The average Bonchev–Trinajstić information content (AvgIpc) is 2.02. The van der Waals surface area contributed by atoms with E-state index >= 15 is 0 Å². The SMILES string of the molecule is O=S1(=O)CCc2ncccc2C1. The molecule has 0 fully saturated rings. The third-order valence-corrected chi connectivity index (χ3v) is 3.59. The van der Waals surface area contributed by atoms with Gasteiger partial charge in [-0.15, -0.1) is 0 Å². The molecule has 0 radical (unpaired) electrons. The van der Waals surface area contributed by atoms with Crippen LogP contribution < -0.4 is 0 Å². The molecule has 0 bridgehead atoms. The van der Waals surface area contributed by atoms with E-state index in [2.05, 4.69) is 4.98 Å². The lowest BCUT2D eigenvalue weighted by molar-refractivity contribution is 0.590. The maximum Gasteiger partial charge on any atom is 0.154 e. The van der Waals surface area contributed by atoms with Crippen LogP contribution in [0.25, 0.3) is 0 Å². The van der Waals surface area contributed by atoms with Gasteiger partial charge in [0, 0.05) is 18.3 Å². The average molecular weight is 183 g/mol. The van der Waals surface area contributed by atoms with E-state index < -0.39 is 9.84 Å². The number of fused-ring (bicyclic) bond motifs is 1. The van der Waals surface area contributed by atoms with Crippen LogP contribution in [0.3, 0.4) is 0 Å². The second kappa shape index (κ2) is 2.55. The smallest absolute Gasteiger partial charge is 0.154 e. The van der Waals surface area contributed by atoms with Gasteiger partial charge in [0.1, 0.15) is 0 Å². The monoisotopic (exact) mass is 183 g/mol. The summed E-state index contributed by atoms with van der Waals surface area (Å²) in [4.78, 5) is 4.12. The summed E-state index contributed by atoms with van der Waals surface area (Å²) in [7, 11) is -2.84. The van der Waals surface area contributed by atoms with Crippen molar-refractivity contribution in [1.29, 1.82) is 0 Å². The fraction of sp³-hybridized carbons (Fsp3) is 0.375. The summed E-state index contributed by atoms with van der Waals surface area (Å²) in [6, 6.07) is 3.61. The van der Waals surface area contributed by atoms with Crippen LogP contribution in [0.5, 0.6) is 0 Å². The molecule has 4 heteroatoms. The van der Waals surface area contributed by atoms with Crippen molar-refractivity contribution in [3.8, 4) is 0 Å². The van der Waals surface area contributed by atoms with Gasteiger partial charge in [-0.25, -0.2) is 8.42 Å². The van der Waals surface area contributed by atoms with Crippen molar-refractivity contribution in [3.05, 3.63) is 29.6 Å². The zero-order valence-electron chi connectivity index (χ0n) is 6.53. The first-order valence-corrected chi connectivity index (χ1v) is 5.63. The molecule has 1 aliphatic heterocycles. The van der Waals surface area contributed by atoms with E-state index in [1.54, 1.807) is 12.3 Å². The summed E-state index contributed by atoms with van der Waals surface area (Å²) in [5, 5.41) is 0. The van der Waals surface area contributed by atoms with Gasteiger partial charge in [-0.3, -0.25) is 4.98 Å². The molecule has 12 heavy (non-hydrogen) atoms. The Labute approximate surface area is 71.4 Å². The lowest BCUT2D eigenvalue weighted by atomic mass is 10.2. The number of hydrogen-bond donors (Lipinski definition) is 0. The molecule has 0 aliphatic carbocycles. The normalized spacial score (nSPS) is 20.0. The zero-order valence-corrected chi connectivity index (χ0v) is 7.34. The van der Waals surface area contributed by atoms with Crippen molar-refractivity contribution >= 4 is 9.84 Å². The van der Waals surface area contributed by atoms with Gasteiger partial charge in [-0.2, -0.15) is 0 Å². The van der Waals surface area contributed by atoms with E-state index in [0.717, 1.165) is 11.3 Å². The highest BCUT2D eigenvalue weighted by molar-refractivity contribution is 7.90. The van der Waals surface area contributed by atoms with Crippen LogP contribution in [0, 0.1) is 0 Å². The Morgan fingerprint density at radius 2 is 2.25 bits per heavy atom. The van der Waals surface area contributed by atoms with Crippen molar-refractivity contribution in [1.82, 2.24) is 4.98 Å². The van der Waals surface area contributed by atoms with Crippen molar-refractivity contribution in [2.45, 2.75) is 12.2 Å². The van der Waals surface area contributed by atoms with Crippen LogP contribution in [0.2, 0.25) is 0 Å². The Balaban J connectivity index is 2.48. The van der Waals surface area contributed by atoms with Crippen LogP contribution in [0.15, 0.2) is 18.3 Å². The Morgan fingerprint density at radius 1 is 1.42 bits per heavy atom. The highest BCUT2D eigenvalue weighted by Crippen LogP contribution is 2.17. The maximum absolute atomic E-state index is 11.2. The van der Waals surface area contributed by atoms with Gasteiger partial charge in [0.15, 0.2) is 9.84 Å². The maximum atomic E-state index is 11.2. The predicted octanol–water partition coefficient (Wildman–Crippen LogP) is 0.553. The van der Waals surface area contributed by atoms with E-state index in [4.69, 9.17) is 0 Å². The molecular formula is C8H9NO2S. The zero-order chi connectivity index (χ0) is 8.60. The molecule has 0 saturated carbocycles. The van der Waals surface area contributed by atoms with Crippen LogP contribution in [0.4, 0.5) is 0 Å². The van der Waals surface area contributed by atoms with Crippen LogP contribution >= 0.6 is 0 Å². The second-order valence-corrected chi connectivity index (χ2v) is 5.14. The van der Waals surface area contributed by atoms with Gasteiger partial charge in [0.25, 0.3) is 0 Å². The van der Waals surface area contributed by atoms with E-state index in [0.29, 0.717) is 6.42 Å². The first kappa shape index (κ1) is 7.73. The lowest BCUT2D eigenvalue weighted by Crippen LogP contribution is -2.19. The van der Waals surface area contributed by atoms with Gasteiger partial charge >= 0.3 is 0 Å². The Kier molecular flexibility index (Phi) is 1.65. The third-order valence-electron chi connectivity index (χ3n) is 2.01. The molecular weight excluding hydrogens is 174 g/mol. The fourth-order valence-corrected chi connectivity index (χ4v) is 2.77. The quantitative estimate of drug-likeness (QED) is 0.590. The molecule has 0 unspecified atom stereocenters. The Bertz CT molecular complexity index is 397. The number of rotatable bonds is 0. The summed E-state index contributed by atoms with van der Waals surface area (Å²) < 4.78 is 22.4. The number of sulfone groups is 1. The number of hydrogen-bond acceptors (Lipinski definition) is 3. The van der Waals surface area contributed by atoms with Gasteiger partial charge in [-0.1, -0.05) is 6.07 Å². The van der Waals surface area contributed by atoms with Gasteiger partial charge in [-0.05, 0) is 11.6 Å². The summed E-state index contributed by atoms with van der Waals surface area (Å²) in [5.74, 6) is 0.410. The molecule has 0 saturated heterocycles. The standard InChI is InChI=1S/C8H9NO2S/c10-12(11)5-3-8-7(6-12)2-1-4-9-8/h1-2,4H,3,5-6H2. The molecule has 2 rings (SSSR count). The van der Waals surface area contributed by atoms with Crippen molar-refractivity contribution in [3.63, 3.8) is 0 Å². The number of nitrogens with zero attached hydrogens (tertiary/aromatic N) is 1. The van der Waals surface area contributed by atoms with E-state index in [-0.39, 0.29) is 11.5 Å².